The standard InChI is InChI=1S/C31H44O5/c1-18-8-11-31(26(35)36-7)13-12-28(4)21(24(31)19(18)2)14-22(34)25-29(28,5)10-9-23-27(3,17-33)15-20(16-32)30(23,25)6/h14-16,18-19,23-25,33H,8-13,17H2,1-7H3/t18-,19+,23+,24+,25+,27+,28-,29-,30+,31+/m1/s1. The number of carbonyl (C=O) groups is 3. The van der Waals surface area contributed by atoms with E-state index in [-0.39, 0.29) is 52.9 Å². The number of aliphatic hydroxyl groups is 1. The van der Waals surface area contributed by atoms with Crippen LogP contribution in [0, 0.1) is 56.7 Å². The molecule has 0 aromatic heterocycles. The van der Waals surface area contributed by atoms with Crippen LogP contribution in [0.5, 0.6) is 0 Å². The molecule has 0 spiro atoms. The van der Waals surface area contributed by atoms with Crippen LogP contribution in [0.3, 0.4) is 0 Å². The molecule has 36 heavy (non-hydrogen) atoms. The average molecular weight is 497 g/mol. The van der Waals surface area contributed by atoms with Gasteiger partial charge in [-0.1, -0.05) is 53.2 Å². The van der Waals surface area contributed by atoms with Crippen LogP contribution in [0.25, 0.3) is 0 Å². The number of ether oxygens (including phenoxy) is 1. The highest BCUT2D eigenvalue weighted by atomic mass is 16.5. The maximum Gasteiger partial charge on any atom is 0.312 e. The second kappa shape index (κ2) is 7.88. The molecule has 3 saturated carbocycles. The third kappa shape index (κ3) is 2.79. The van der Waals surface area contributed by atoms with Gasteiger partial charge in [-0.3, -0.25) is 14.4 Å². The summed E-state index contributed by atoms with van der Waals surface area (Å²) in [5.74, 6) is 0.426. The molecule has 5 rings (SSSR count). The van der Waals surface area contributed by atoms with E-state index in [9.17, 15) is 19.5 Å². The van der Waals surface area contributed by atoms with Gasteiger partial charge in [0, 0.05) is 16.7 Å². The maximum absolute atomic E-state index is 14.3. The van der Waals surface area contributed by atoms with Gasteiger partial charge in [0.25, 0.3) is 0 Å². The van der Waals surface area contributed by atoms with E-state index < -0.39 is 16.2 Å². The van der Waals surface area contributed by atoms with Crippen molar-refractivity contribution in [2.24, 2.45) is 56.7 Å². The van der Waals surface area contributed by atoms with Gasteiger partial charge in [0.1, 0.15) is 6.29 Å². The van der Waals surface area contributed by atoms with Gasteiger partial charge in [-0.2, -0.15) is 0 Å². The lowest BCUT2D eigenvalue weighted by atomic mass is 9.34. The molecule has 0 radical (unpaired) electrons. The van der Waals surface area contributed by atoms with E-state index in [0.717, 1.165) is 50.4 Å². The fraction of sp³-hybridized carbons (Fsp3) is 0.774. The Morgan fingerprint density at radius 3 is 2.42 bits per heavy atom. The molecule has 198 valence electrons. The van der Waals surface area contributed by atoms with E-state index >= 15 is 0 Å². The first-order chi connectivity index (χ1) is 16.8. The van der Waals surface area contributed by atoms with Gasteiger partial charge in [0.2, 0.25) is 0 Å². The highest BCUT2D eigenvalue weighted by molar-refractivity contribution is 5.97. The van der Waals surface area contributed by atoms with Crippen LogP contribution in [-0.2, 0) is 19.1 Å². The Morgan fingerprint density at radius 1 is 1.11 bits per heavy atom. The fourth-order valence-corrected chi connectivity index (χ4v) is 10.5. The number of allylic oxidation sites excluding steroid dienone is 3. The Hall–Kier alpha value is -1.75. The number of esters is 1. The van der Waals surface area contributed by atoms with Crippen molar-refractivity contribution in [1.29, 1.82) is 0 Å². The zero-order chi connectivity index (χ0) is 26.5. The van der Waals surface area contributed by atoms with E-state index in [1.807, 2.05) is 19.1 Å². The first-order valence-corrected chi connectivity index (χ1v) is 13.9. The Bertz CT molecular complexity index is 1070. The Labute approximate surface area is 216 Å². The number of rotatable bonds is 3. The third-order valence-corrected chi connectivity index (χ3v) is 12.8. The van der Waals surface area contributed by atoms with Crippen LogP contribution in [0.15, 0.2) is 23.3 Å². The fourth-order valence-electron chi connectivity index (χ4n) is 10.5. The lowest BCUT2D eigenvalue weighted by Gasteiger charge is -2.68. The molecule has 3 fully saturated rings. The molecule has 0 bridgehead atoms. The molecule has 5 aliphatic carbocycles. The number of aliphatic hydroxyl groups excluding tert-OH is 1. The normalized spacial score (nSPS) is 51.7. The second-order valence-corrected chi connectivity index (χ2v) is 13.9. The van der Waals surface area contributed by atoms with Gasteiger partial charge < -0.3 is 9.84 Å². The van der Waals surface area contributed by atoms with Gasteiger partial charge in [0.15, 0.2) is 5.78 Å². The van der Waals surface area contributed by atoms with E-state index in [1.54, 1.807) is 0 Å². The quantitative estimate of drug-likeness (QED) is 0.423. The summed E-state index contributed by atoms with van der Waals surface area (Å²) in [6.45, 7) is 13.3. The minimum atomic E-state index is -0.614. The molecule has 0 aliphatic heterocycles. The van der Waals surface area contributed by atoms with Gasteiger partial charge in [-0.15, -0.1) is 0 Å². The summed E-state index contributed by atoms with van der Waals surface area (Å²) in [6.07, 6.45) is 9.95. The van der Waals surface area contributed by atoms with Crippen molar-refractivity contribution in [3.05, 3.63) is 23.3 Å². The van der Waals surface area contributed by atoms with Crippen molar-refractivity contribution < 1.29 is 24.2 Å². The van der Waals surface area contributed by atoms with Crippen molar-refractivity contribution >= 4 is 18.0 Å². The van der Waals surface area contributed by atoms with Gasteiger partial charge in [-0.25, -0.2) is 0 Å². The zero-order valence-electron chi connectivity index (χ0n) is 23.1. The zero-order valence-corrected chi connectivity index (χ0v) is 23.1. The molecule has 0 aromatic rings. The number of fused-ring (bicyclic) bond motifs is 7. The monoisotopic (exact) mass is 496 g/mol. The first kappa shape index (κ1) is 25.9. The van der Waals surface area contributed by atoms with Crippen LogP contribution < -0.4 is 0 Å². The van der Waals surface area contributed by atoms with Crippen molar-refractivity contribution in [2.75, 3.05) is 13.7 Å². The van der Waals surface area contributed by atoms with Gasteiger partial charge in [0.05, 0.1) is 19.1 Å². The molecule has 0 amide bonds. The highest BCUT2D eigenvalue weighted by Crippen LogP contribution is 2.75. The number of aldehydes is 1. The molecule has 5 nitrogen and oxygen atoms in total. The van der Waals surface area contributed by atoms with Crippen molar-refractivity contribution in [1.82, 2.24) is 0 Å². The average Bonchev–Trinajstić information content (AvgIpc) is 3.08. The summed E-state index contributed by atoms with van der Waals surface area (Å²) < 4.78 is 5.42. The molecule has 1 N–H and O–H groups in total. The summed E-state index contributed by atoms with van der Waals surface area (Å²) in [6, 6.07) is 0. The predicted molar refractivity (Wildman–Crippen MR) is 138 cm³/mol. The number of methoxy groups -OCH3 is 1. The van der Waals surface area contributed by atoms with Crippen molar-refractivity contribution in [3.8, 4) is 0 Å². The Kier molecular flexibility index (Phi) is 5.66. The molecule has 0 saturated heterocycles. The number of hydrogen-bond acceptors (Lipinski definition) is 5. The molecule has 0 unspecified atom stereocenters. The Morgan fingerprint density at radius 2 is 1.81 bits per heavy atom. The largest absolute Gasteiger partial charge is 0.469 e. The molecule has 0 aromatic carbocycles. The van der Waals surface area contributed by atoms with Crippen molar-refractivity contribution in [3.63, 3.8) is 0 Å². The smallest absolute Gasteiger partial charge is 0.312 e. The predicted octanol–water partition coefficient (Wildman–Crippen LogP) is 5.31. The molecule has 5 heteroatoms. The lowest BCUT2D eigenvalue weighted by molar-refractivity contribution is -0.180. The Balaban J connectivity index is 1.70. The molecule has 0 heterocycles. The van der Waals surface area contributed by atoms with Crippen molar-refractivity contribution in [2.45, 2.75) is 80.1 Å². The molecular formula is C31H44O5. The summed E-state index contributed by atoms with van der Waals surface area (Å²) in [5, 5.41) is 10.3. The minimum absolute atomic E-state index is 0.00734. The summed E-state index contributed by atoms with van der Waals surface area (Å²) in [5.41, 5.74) is -0.442. The first-order valence-electron chi connectivity index (χ1n) is 13.9. The summed E-state index contributed by atoms with van der Waals surface area (Å²) >= 11 is 0. The van der Waals surface area contributed by atoms with Crippen LogP contribution in [0.1, 0.15) is 80.1 Å². The van der Waals surface area contributed by atoms with E-state index in [4.69, 9.17) is 4.74 Å². The molecule has 10 atom stereocenters. The maximum atomic E-state index is 14.3. The van der Waals surface area contributed by atoms with E-state index in [0.29, 0.717) is 11.5 Å². The van der Waals surface area contributed by atoms with Crippen LogP contribution >= 0.6 is 0 Å². The lowest BCUT2D eigenvalue weighted by Crippen LogP contribution is -2.65. The summed E-state index contributed by atoms with van der Waals surface area (Å²) in [7, 11) is 1.50. The highest BCUT2D eigenvalue weighted by Gasteiger charge is 2.72. The topological polar surface area (TPSA) is 80.7 Å². The van der Waals surface area contributed by atoms with E-state index in [2.05, 4.69) is 34.6 Å². The van der Waals surface area contributed by atoms with Gasteiger partial charge in [-0.05, 0) is 84.7 Å². The third-order valence-electron chi connectivity index (χ3n) is 12.8. The molecular weight excluding hydrogens is 452 g/mol. The van der Waals surface area contributed by atoms with Crippen LogP contribution in [-0.4, -0.2) is 36.9 Å². The minimum Gasteiger partial charge on any atom is -0.469 e. The second-order valence-electron chi connectivity index (χ2n) is 13.9. The number of hydrogen-bond donors (Lipinski definition) is 1. The van der Waals surface area contributed by atoms with Gasteiger partial charge >= 0.3 is 5.97 Å². The van der Waals surface area contributed by atoms with Crippen LogP contribution in [0.4, 0.5) is 0 Å². The van der Waals surface area contributed by atoms with E-state index in [1.165, 1.54) is 7.11 Å². The SMILES string of the molecule is COC(=O)[C@]12CC[C@@H](C)[C@H](C)[C@H]1C1=CC(=O)[C@@H]3[C@@]4(C)C(C=O)=C[C@@](C)(CO)[C@@H]4CC[C@@]3(C)[C@]1(C)CC2. The number of ketones is 1. The number of carbonyl (C=O) groups excluding carboxylic acids is 3. The summed E-state index contributed by atoms with van der Waals surface area (Å²) in [4.78, 5) is 40.1. The molecule has 5 aliphatic rings. The van der Waals surface area contributed by atoms with Crippen LogP contribution in [0.2, 0.25) is 0 Å².